The number of nitrogens with zero attached hydrogens (tertiary/aromatic N) is 7. The zero-order valence-electron chi connectivity index (χ0n) is 20.7. The number of hydrogen-bond acceptors (Lipinski definition) is 10. The van der Waals surface area contributed by atoms with E-state index >= 15 is 0 Å². The minimum absolute atomic E-state index is 0.144. The standard InChI is InChI=1S/C25H21FN8O4S/c1-32(11-12-38-2)20-9-3-15(13-27-20)22-29-23(31-25(35)19-8-10-21(39-19)34(36)37)18-14-28-33(24(18)30-22)17-6-4-16(26)5-7-17/h3-10,13-14H,11-12H2,1-2H3,(H,29,30,31,35). The van der Waals surface area contributed by atoms with Crippen molar-refractivity contribution in [3.8, 4) is 17.1 Å². The van der Waals surface area contributed by atoms with E-state index in [1.165, 1.54) is 35.1 Å². The van der Waals surface area contributed by atoms with E-state index in [2.05, 4.69) is 25.4 Å². The van der Waals surface area contributed by atoms with Crippen LogP contribution in [0.1, 0.15) is 9.67 Å². The van der Waals surface area contributed by atoms with Crippen LogP contribution in [-0.4, -0.2) is 62.9 Å². The molecule has 0 saturated carbocycles. The number of pyridine rings is 1. The molecule has 0 aliphatic rings. The molecule has 4 aromatic heterocycles. The van der Waals surface area contributed by atoms with Gasteiger partial charge in [0.1, 0.15) is 17.5 Å². The van der Waals surface area contributed by atoms with Crippen LogP contribution in [0.25, 0.3) is 28.1 Å². The molecule has 0 aliphatic carbocycles. The number of thiophene rings is 1. The van der Waals surface area contributed by atoms with Crippen molar-refractivity contribution in [3.05, 3.63) is 81.7 Å². The van der Waals surface area contributed by atoms with Gasteiger partial charge < -0.3 is 15.0 Å². The van der Waals surface area contributed by atoms with Crippen molar-refractivity contribution in [2.45, 2.75) is 0 Å². The molecule has 14 heteroatoms. The molecule has 198 valence electrons. The van der Waals surface area contributed by atoms with Crippen LogP contribution in [0.15, 0.2) is 60.9 Å². The van der Waals surface area contributed by atoms with Crippen molar-refractivity contribution in [1.82, 2.24) is 24.7 Å². The summed E-state index contributed by atoms with van der Waals surface area (Å²) in [4.78, 5) is 39.3. The SMILES string of the molecule is COCCN(C)c1ccc(-c2nc(NC(=O)c3ccc([N+](=O)[O-])s3)c3cnn(-c4ccc(F)cc4)c3n2)cn1. The van der Waals surface area contributed by atoms with Gasteiger partial charge in [-0.1, -0.05) is 11.3 Å². The number of likely N-dealkylation sites (N-methyl/N-ethyl adjacent to an activating group) is 1. The number of carbonyl (C=O) groups excluding carboxylic acids is 1. The van der Waals surface area contributed by atoms with Gasteiger partial charge in [-0.3, -0.25) is 14.9 Å². The summed E-state index contributed by atoms with van der Waals surface area (Å²) in [5.41, 5.74) is 1.49. The van der Waals surface area contributed by atoms with E-state index in [0.29, 0.717) is 35.4 Å². The van der Waals surface area contributed by atoms with Gasteiger partial charge in [0.25, 0.3) is 5.91 Å². The summed E-state index contributed by atoms with van der Waals surface area (Å²) in [6.45, 7) is 1.20. The van der Waals surface area contributed by atoms with Crippen LogP contribution in [0.4, 0.5) is 21.0 Å². The average molecular weight is 549 g/mol. The van der Waals surface area contributed by atoms with E-state index in [-0.39, 0.29) is 21.5 Å². The zero-order valence-corrected chi connectivity index (χ0v) is 21.6. The number of methoxy groups -OCH3 is 1. The van der Waals surface area contributed by atoms with Gasteiger partial charge in [0.05, 0.1) is 33.7 Å². The number of nitro groups is 1. The number of rotatable bonds is 9. The van der Waals surface area contributed by atoms with Crippen molar-refractivity contribution in [3.63, 3.8) is 0 Å². The third-order valence-corrected chi connectivity index (χ3v) is 6.79. The number of hydrogen-bond donors (Lipinski definition) is 1. The number of halogens is 1. The van der Waals surface area contributed by atoms with Gasteiger partial charge in [-0.25, -0.2) is 24.0 Å². The second-order valence-corrected chi connectivity index (χ2v) is 9.40. The molecule has 1 amide bonds. The molecule has 0 radical (unpaired) electrons. The van der Waals surface area contributed by atoms with Crippen LogP contribution in [0, 0.1) is 15.9 Å². The molecule has 1 aromatic carbocycles. The van der Waals surface area contributed by atoms with Gasteiger partial charge in [-0.05, 0) is 42.5 Å². The molecule has 0 bridgehead atoms. The first-order valence-corrected chi connectivity index (χ1v) is 12.4. The van der Waals surface area contributed by atoms with E-state index in [1.54, 1.807) is 31.5 Å². The van der Waals surface area contributed by atoms with Crippen molar-refractivity contribution in [2.75, 3.05) is 37.5 Å². The molecular weight excluding hydrogens is 527 g/mol. The summed E-state index contributed by atoms with van der Waals surface area (Å²) in [7, 11) is 3.53. The predicted octanol–water partition coefficient (Wildman–Crippen LogP) is 4.32. The smallest absolute Gasteiger partial charge is 0.324 e. The van der Waals surface area contributed by atoms with E-state index in [9.17, 15) is 19.3 Å². The minimum atomic E-state index is -0.568. The number of anilines is 2. The largest absolute Gasteiger partial charge is 0.383 e. The fourth-order valence-electron chi connectivity index (χ4n) is 3.71. The highest BCUT2D eigenvalue weighted by molar-refractivity contribution is 7.17. The molecule has 39 heavy (non-hydrogen) atoms. The average Bonchev–Trinajstić information content (AvgIpc) is 3.61. The van der Waals surface area contributed by atoms with Gasteiger partial charge in [0.2, 0.25) is 0 Å². The second kappa shape index (κ2) is 10.9. The fourth-order valence-corrected chi connectivity index (χ4v) is 4.42. The lowest BCUT2D eigenvalue weighted by Gasteiger charge is -2.17. The molecule has 0 atom stereocenters. The molecule has 0 spiro atoms. The quantitative estimate of drug-likeness (QED) is 0.210. The Balaban J connectivity index is 1.56. The number of aromatic nitrogens is 5. The molecule has 0 saturated heterocycles. The van der Waals surface area contributed by atoms with E-state index in [0.717, 1.165) is 17.2 Å². The Morgan fingerprint density at radius 1 is 1.15 bits per heavy atom. The third-order valence-electron chi connectivity index (χ3n) is 5.76. The van der Waals surface area contributed by atoms with Gasteiger partial charge >= 0.3 is 5.00 Å². The number of ether oxygens (including phenoxy) is 1. The molecule has 0 unspecified atom stereocenters. The maximum absolute atomic E-state index is 13.5. The fraction of sp³-hybridized carbons (Fsp3) is 0.160. The highest BCUT2D eigenvalue weighted by Crippen LogP contribution is 2.29. The molecular formula is C25H21FN8O4S. The Labute approximate surface area is 224 Å². The number of amides is 1. The molecule has 0 fully saturated rings. The molecule has 0 aliphatic heterocycles. The van der Waals surface area contributed by atoms with Gasteiger partial charge in [0.15, 0.2) is 11.5 Å². The van der Waals surface area contributed by atoms with Gasteiger partial charge in [-0.2, -0.15) is 5.10 Å². The first-order valence-electron chi connectivity index (χ1n) is 11.6. The number of nitrogens with one attached hydrogen (secondary N) is 1. The minimum Gasteiger partial charge on any atom is -0.383 e. The first kappa shape index (κ1) is 25.8. The number of fused-ring (bicyclic) bond motifs is 1. The first-order chi connectivity index (χ1) is 18.8. The van der Waals surface area contributed by atoms with Crippen LogP contribution >= 0.6 is 11.3 Å². The predicted molar refractivity (Wildman–Crippen MR) is 144 cm³/mol. The van der Waals surface area contributed by atoms with Crippen LogP contribution in [0.5, 0.6) is 0 Å². The van der Waals surface area contributed by atoms with Crippen molar-refractivity contribution in [1.29, 1.82) is 0 Å². The summed E-state index contributed by atoms with van der Waals surface area (Å²) in [6, 6.07) is 12.0. The molecule has 12 nitrogen and oxygen atoms in total. The van der Waals surface area contributed by atoms with Gasteiger partial charge in [-0.15, -0.1) is 0 Å². The lowest BCUT2D eigenvalue weighted by atomic mass is 10.2. The molecule has 5 rings (SSSR count). The Hall–Kier alpha value is -4.82. The van der Waals surface area contributed by atoms with Crippen LogP contribution in [-0.2, 0) is 4.74 Å². The Bertz CT molecular complexity index is 1650. The highest BCUT2D eigenvalue weighted by atomic mass is 32.1. The Kier molecular flexibility index (Phi) is 7.21. The van der Waals surface area contributed by atoms with Crippen molar-refractivity contribution in [2.24, 2.45) is 0 Å². The van der Waals surface area contributed by atoms with Crippen LogP contribution in [0.3, 0.4) is 0 Å². The maximum atomic E-state index is 13.5. The molecule has 4 heterocycles. The topological polar surface area (TPSA) is 141 Å². The summed E-state index contributed by atoms with van der Waals surface area (Å²) in [5, 5.41) is 18.4. The monoisotopic (exact) mass is 548 g/mol. The maximum Gasteiger partial charge on any atom is 0.324 e. The summed E-state index contributed by atoms with van der Waals surface area (Å²) < 4.78 is 20.2. The van der Waals surface area contributed by atoms with E-state index < -0.39 is 16.6 Å². The normalized spacial score (nSPS) is 11.1. The van der Waals surface area contributed by atoms with E-state index in [4.69, 9.17) is 4.74 Å². The summed E-state index contributed by atoms with van der Waals surface area (Å²) in [5.74, 6) is 0.177. The Morgan fingerprint density at radius 3 is 2.62 bits per heavy atom. The third kappa shape index (κ3) is 5.42. The highest BCUT2D eigenvalue weighted by Gasteiger charge is 2.20. The van der Waals surface area contributed by atoms with E-state index in [1.807, 2.05) is 18.0 Å². The van der Waals surface area contributed by atoms with Crippen molar-refractivity contribution >= 4 is 44.9 Å². The van der Waals surface area contributed by atoms with Crippen molar-refractivity contribution < 1.29 is 18.8 Å². The second-order valence-electron chi connectivity index (χ2n) is 8.33. The zero-order chi connectivity index (χ0) is 27.5. The Morgan fingerprint density at radius 2 is 1.95 bits per heavy atom. The number of carbonyl (C=O) groups is 1. The van der Waals surface area contributed by atoms with Crippen LogP contribution in [0.2, 0.25) is 0 Å². The number of benzene rings is 1. The van der Waals surface area contributed by atoms with Crippen LogP contribution < -0.4 is 10.2 Å². The summed E-state index contributed by atoms with van der Waals surface area (Å²) in [6.07, 6.45) is 3.10. The molecule has 1 N–H and O–H groups in total. The molecule has 5 aromatic rings. The lowest BCUT2D eigenvalue weighted by Crippen LogP contribution is -2.22. The van der Waals surface area contributed by atoms with Gasteiger partial charge in [0, 0.05) is 38.5 Å². The lowest BCUT2D eigenvalue weighted by molar-refractivity contribution is -0.380. The summed E-state index contributed by atoms with van der Waals surface area (Å²) >= 11 is 0.753.